The third kappa shape index (κ3) is 4.46. The second-order valence-corrected chi connectivity index (χ2v) is 5.47. The van der Waals surface area contributed by atoms with Gasteiger partial charge in [0.1, 0.15) is 11.8 Å². The Bertz CT molecular complexity index is 458. The number of carboxylic acid groups (broad SMARTS) is 1. The van der Waals surface area contributed by atoms with Gasteiger partial charge >= 0.3 is 5.97 Å². The summed E-state index contributed by atoms with van der Waals surface area (Å²) >= 11 is 0. The maximum absolute atomic E-state index is 12.2. The van der Waals surface area contributed by atoms with Crippen LogP contribution in [0.4, 0.5) is 0 Å². The molecule has 1 aromatic rings. The van der Waals surface area contributed by atoms with E-state index in [1.165, 1.54) is 0 Å². The van der Waals surface area contributed by atoms with Crippen LogP contribution in [0.15, 0.2) is 30.3 Å². The van der Waals surface area contributed by atoms with Gasteiger partial charge in [-0.15, -0.1) is 0 Å². The van der Waals surface area contributed by atoms with Crippen molar-refractivity contribution in [3.05, 3.63) is 35.9 Å². The van der Waals surface area contributed by atoms with Crippen molar-refractivity contribution in [3.8, 4) is 0 Å². The molecule has 0 heterocycles. The first-order valence-electron chi connectivity index (χ1n) is 6.94. The standard InChI is InChI=1S/C16H23NO3/c1-3-14(18)16(2,11-13(17)15(19)20)10-9-12-7-5-4-6-8-12/h4-8,13H,3,9-11,17H2,1-2H3,(H,19,20)/t13-,16?/m0/s1. The second-order valence-electron chi connectivity index (χ2n) is 5.47. The lowest BCUT2D eigenvalue weighted by molar-refractivity contribution is -0.140. The number of aryl methyl sites for hydroxylation is 1. The van der Waals surface area contributed by atoms with Crippen LogP contribution in [-0.2, 0) is 16.0 Å². The molecule has 0 spiro atoms. The molecule has 3 N–H and O–H groups in total. The van der Waals surface area contributed by atoms with E-state index in [4.69, 9.17) is 10.8 Å². The van der Waals surface area contributed by atoms with E-state index in [1.54, 1.807) is 6.92 Å². The van der Waals surface area contributed by atoms with E-state index >= 15 is 0 Å². The van der Waals surface area contributed by atoms with Crippen LogP contribution in [0.5, 0.6) is 0 Å². The number of Topliss-reactive ketones (excluding diaryl/α,β-unsaturated/α-hetero) is 1. The summed E-state index contributed by atoms with van der Waals surface area (Å²) in [6, 6.07) is 8.88. The highest BCUT2D eigenvalue weighted by Gasteiger charge is 2.35. The maximum Gasteiger partial charge on any atom is 0.320 e. The number of nitrogens with two attached hydrogens (primary N) is 1. The Kier molecular flexibility index (Phi) is 5.89. The van der Waals surface area contributed by atoms with Gasteiger partial charge in [-0.3, -0.25) is 9.59 Å². The van der Waals surface area contributed by atoms with Gasteiger partial charge in [-0.05, 0) is 24.8 Å². The van der Waals surface area contributed by atoms with Crippen molar-refractivity contribution in [2.75, 3.05) is 0 Å². The Morgan fingerprint density at radius 1 is 1.30 bits per heavy atom. The zero-order valence-electron chi connectivity index (χ0n) is 12.1. The van der Waals surface area contributed by atoms with E-state index in [0.717, 1.165) is 12.0 Å². The molecule has 1 aromatic carbocycles. The highest BCUT2D eigenvalue weighted by Crippen LogP contribution is 2.31. The summed E-state index contributed by atoms with van der Waals surface area (Å²) in [5.74, 6) is -0.982. The molecule has 0 fully saturated rings. The van der Waals surface area contributed by atoms with Crippen molar-refractivity contribution in [1.29, 1.82) is 0 Å². The van der Waals surface area contributed by atoms with Crippen molar-refractivity contribution in [2.45, 2.75) is 45.6 Å². The van der Waals surface area contributed by atoms with Crippen LogP contribution in [0.3, 0.4) is 0 Å². The molecular formula is C16H23NO3. The highest BCUT2D eigenvalue weighted by atomic mass is 16.4. The zero-order chi connectivity index (χ0) is 15.2. The lowest BCUT2D eigenvalue weighted by Crippen LogP contribution is -2.40. The molecule has 2 atom stereocenters. The molecule has 4 heteroatoms. The fourth-order valence-corrected chi connectivity index (χ4v) is 2.42. The van der Waals surface area contributed by atoms with Gasteiger partial charge in [0.2, 0.25) is 0 Å². The van der Waals surface area contributed by atoms with Crippen LogP contribution in [0.25, 0.3) is 0 Å². The van der Waals surface area contributed by atoms with Crippen molar-refractivity contribution in [2.24, 2.45) is 11.1 Å². The number of rotatable bonds is 8. The molecular weight excluding hydrogens is 254 g/mol. The molecule has 0 saturated heterocycles. The Hall–Kier alpha value is -1.68. The predicted octanol–water partition coefficient (Wildman–Crippen LogP) is 2.41. The number of hydrogen-bond acceptors (Lipinski definition) is 3. The molecule has 0 bridgehead atoms. The van der Waals surface area contributed by atoms with Gasteiger partial charge in [0.05, 0.1) is 0 Å². The predicted molar refractivity (Wildman–Crippen MR) is 78.4 cm³/mol. The van der Waals surface area contributed by atoms with Crippen LogP contribution in [0.1, 0.15) is 38.7 Å². The fourth-order valence-electron chi connectivity index (χ4n) is 2.42. The summed E-state index contributed by atoms with van der Waals surface area (Å²) in [6.07, 6.45) is 1.94. The van der Waals surface area contributed by atoms with Crippen LogP contribution in [-0.4, -0.2) is 22.9 Å². The van der Waals surface area contributed by atoms with Gasteiger partial charge in [0.15, 0.2) is 0 Å². The van der Waals surface area contributed by atoms with Crippen LogP contribution >= 0.6 is 0 Å². The lowest BCUT2D eigenvalue weighted by atomic mass is 9.74. The number of ketones is 1. The lowest BCUT2D eigenvalue weighted by Gasteiger charge is -2.29. The summed E-state index contributed by atoms with van der Waals surface area (Å²) < 4.78 is 0. The van der Waals surface area contributed by atoms with Crippen LogP contribution < -0.4 is 5.73 Å². The van der Waals surface area contributed by atoms with Crippen molar-refractivity contribution < 1.29 is 14.7 Å². The molecule has 110 valence electrons. The fraction of sp³-hybridized carbons (Fsp3) is 0.500. The molecule has 0 aliphatic heterocycles. The molecule has 1 unspecified atom stereocenters. The van der Waals surface area contributed by atoms with Gasteiger partial charge < -0.3 is 10.8 Å². The maximum atomic E-state index is 12.2. The van der Waals surface area contributed by atoms with Crippen LogP contribution in [0.2, 0.25) is 0 Å². The topological polar surface area (TPSA) is 80.4 Å². The first kappa shape index (κ1) is 16.4. The summed E-state index contributed by atoms with van der Waals surface area (Å²) in [6.45, 7) is 3.62. The number of carbonyl (C=O) groups excluding carboxylic acids is 1. The Balaban J connectivity index is 2.78. The molecule has 0 radical (unpaired) electrons. The van der Waals surface area contributed by atoms with Gasteiger partial charge in [0, 0.05) is 11.8 Å². The van der Waals surface area contributed by atoms with Crippen molar-refractivity contribution in [1.82, 2.24) is 0 Å². The normalized spacial score (nSPS) is 15.3. The minimum Gasteiger partial charge on any atom is -0.480 e. The Labute approximate surface area is 120 Å². The highest BCUT2D eigenvalue weighted by molar-refractivity contribution is 5.85. The average Bonchev–Trinajstić information content (AvgIpc) is 2.45. The third-order valence-corrected chi connectivity index (χ3v) is 3.79. The van der Waals surface area contributed by atoms with Gasteiger partial charge in [-0.25, -0.2) is 0 Å². The van der Waals surface area contributed by atoms with Crippen LogP contribution in [0, 0.1) is 5.41 Å². The molecule has 0 aromatic heterocycles. The summed E-state index contributed by atoms with van der Waals surface area (Å²) in [7, 11) is 0. The van der Waals surface area contributed by atoms with E-state index in [-0.39, 0.29) is 12.2 Å². The number of carboxylic acids is 1. The molecule has 0 aliphatic carbocycles. The Morgan fingerprint density at radius 3 is 2.40 bits per heavy atom. The molecule has 0 saturated carbocycles. The first-order chi connectivity index (χ1) is 9.39. The number of benzene rings is 1. The average molecular weight is 277 g/mol. The molecule has 0 amide bonds. The van der Waals surface area contributed by atoms with Gasteiger partial charge in [-0.2, -0.15) is 0 Å². The molecule has 1 rings (SSSR count). The third-order valence-electron chi connectivity index (χ3n) is 3.79. The van der Waals surface area contributed by atoms with Crippen molar-refractivity contribution in [3.63, 3.8) is 0 Å². The zero-order valence-corrected chi connectivity index (χ0v) is 12.1. The van der Waals surface area contributed by atoms with E-state index in [0.29, 0.717) is 12.8 Å². The number of hydrogen-bond donors (Lipinski definition) is 2. The first-order valence-corrected chi connectivity index (χ1v) is 6.94. The van der Waals surface area contributed by atoms with E-state index < -0.39 is 17.4 Å². The summed E-state index contributed by atoms with van der Waals surface area (Å²) in [4.78, 5) is 23.1. The monoisotopic (exact) mass is 277 g/mol. The van der Waals surface area contributed by atoms with Gasteiger partial charge in [-0.1, -0.05) is 44.2 Å². The summed E-state index contributed by atoms with van der Waals surface area (Å²) in [5.41, 5.74) is 6.08. The Morgan fingerprint density at radius 2 is 1.90 bits per heavy atom. The molecule has 4 nitrogen and oxygen atoms in total. The van der Waals surface area contributed by atoms with E-state index in [1.807, 2.05) is 37.3 Å². The van der Waals surface area contributed by atoms with Crippen molar-refractivity contribution >= 4 is 11.8 Å². The van der Waals surface area contributed by atoms with E-state index in [2.05, 4.69) is 0 Å². The van der Waals surface area contributed by atoms with E-state index in [9.17, 15) is 9.59 Å². The smallest absolute Gasteiger partial charge is 0.320 e. The SMILES string of the molecule is CCC(=O)C(C)(CCc1ccccc1)C[C@H](N)C(=O)O. The minimum atomic E-state index is -1.06. The second kappa shape index (κ2) is 7.20. The van der Waals surface area contributed by atoms with Gasteiger partial charge in [0.25, 0.3) is 0 Å². The minimum absolute atomic E-state index is 0.0742. The number of carbonyl (C=O) groups is 2. The number of aliphatic carboxylic acids is 1. The molecule has 20 heavy (non-hydrogen) atoms. The quantitative estimate of drug-likeness (QED) is 0.764. The molecule has 0 aliphatic rings. The largest absolute Gasteiger partial charge is 0.480 e. The summed E-state index contributed by atoms with van der Waals surface area (Å²) in [5, 5.41) is 8.95.